The van der Waals surface area contributed by atoms with Crippen LogP contribution in [0.3, 0.4) is 0 Å². The average Bonchev–Trinajstić information content (AvgIpc) is 3.10. The van der Waals surface area contributed by atoms with Crippen LogP contribution in [0.1, 0.15) is 42.4 Å². The molecule has 6 nitrogen and oxygen atoms in total. The van der Waals surface area contributed by atoms with Gasteiger partial charge in [-0.1, -0.05) is 30.3 Å². The van der Waals surface area contributed by atoms with Gasteiger partial charge in [0.15, 0.2) is 0 Å². The first-order valence-electron chi connectivity index (χ1n) is 10.7. The Bertz CT molecular complexity index is 726. The normalized spacial score (nSPS) is 21.8. The lowest BCUT2D eigenvalue weighted by Crippen LogP contribution is -2.37. The zero-order chi connectivity index (χ0) is 19.2. The van der Waals surface area contributed by atoms with Gasteiger partial charge in [-0.25, -0.2) is 0 Å². The first kappa shape index (κ1) is 19.6. The number of aromatic nitrogens is 3. The van der Waals surface area contributed by atoms with E-state index >= 15 is 0 Å². The molecule has 2 aromatic rings. The summed E-state index contributed by atoms with van der Waals surface area (Å²) in [5.74, 6) is 2.75. The highest BCUT2D eigenvalue weighted by Gasteiger charge is 2.26. The summed E-state index contributed by atoms with van der Waals surface area (Å²) < 4.78 is 7.69. The Kier molecular flexibility index (Phi) is 6.73. The van der Waals surface area contributed by atoms with E-state index in [4.69, 9.17) is 4.74 Å². The quantitative estimate of drug-likeness (QED) is 0.735. The molecule has 3 heterocycles. The number of aryl methyl sites for hydroxylation is 1. The first-order chi connectivity index (χ1) is 13.8. The van der Waals surface area contributed by atoms with Gasteiger partial charge in [-0.2, -0.15) is 0 Å². The maximum Gasteiger partial charge on any atom is 0.146 e. The lowest BCUT2D eigenvalue weighted by atomic mass is 9.96. The monoisotopic (exact) mass is 383 g/mol. The van der Waals surface area contributed by atoms with E-state index in [1.807, 2.05) is 0 Å². The van der Waals surface area contributed by atoms with Crippen LogP contribution in [0, 0.1) is 0 Å². The van der Waals surface area contributed by atoms with Crippen molar-refractivity contribution in [2.75, 3.05) is 45.9 Å². The molecule has 0 N–H and O–H groups in total. The fraction of sp³-hybridized carbons (Fsp3) is 0.636. The number of likely N-dealkylation sites (tertiary alicyclic amines) is 1. The van der Waals surface area contributed by atoms with Gasteiger partial charge in [0.25, 0.3) is 0 Å². The Morgan fingerprint density at radius 2 is 1.86 bits per heavy atom. The maximum atomic E-state index is 5.45. The van der Waals surface area contributed by atoms with Crippen molar-refractivity contribution < 1.29 is 4.74 Å². The molecule has 2 saturated heterocycles. The number of piperidine rings is 1. The second-order valence-corrected chi connectivity index (χ2v) is 8.15. The van der Waals surface area contributed by atoms with Crippen LogP contribution < -0.4 is 0 Å². The summed E-state index contributed by atoms with van der Waals surface area (Å²) in [6.45, 7) is 7.99. The van der Waals surface area contributed by atoms with Gasteiger partial charge in [-0.05, 0) is 44.3 Å². The van der Waals surface area contributed by atoms with E-state index in [-0.39, 0.29) is 0 Å². The number of morpholine rings is 1. The number of ether oxygens (including phenoxy) is 1. The zero-order valence-electron chi connectivity index (χ0n) is 17.1. The molecule has 152 valence electrons. The molecule has 1 aromatic heterocycles. The van der Waals surface area contributed by atoms with Crippen LogP contribution in [-0.2, 0) is 24.8 Å². The van der Waals surface area contributed by atoms with Crippen LogP contribution in [0.25, 0.3) is 0 Å². The summed E-state index contributed by atoms with van der Waals surface area (Å²) in [6.07, 6.45) is 4.86. The molecule has 0 aliphatic carbocycles. The van der Waals surface area contributed by atoms with Crippen LogP contribution in [0.2, 0.25) is 0 Å². The molecule has 0 amide bonds. The first-order valence-corrected chi connectivity index (χ1v) is 10.7. The summed E-state index contributed by atoms with van der Waals surface area (Å²) in [4.78, 5) is 5.03. The molecule has 6 heteroatoms. The minimum Gasteiger partial charge on any atom is -0.379 e. The molecule has 1 atom stereocenters. The molecule has 4 rings (SSSR count). The lowest BCUT2D eigenvalue weighted by Gasteiger charge is -2.32. The molecule has 0 spiro atoms. The Hall–Kier alpha value is -1.76. The minimum absolute atomic E-state index is 0.501. The molecular formula is C22H33N5O. The number of hydrogen-bond acceptors (Lipinski definition) is 5. The number of nitrogens with zero attached hydrogens (tertiary/aromatic N) is 5. The van der Waals surface area contributed by atoms with E-state index in [0.29, 0.717) is 5.92 Å². The highest BCUT2D eigenvalue weighted by atomic mass is 16.5. The smallest absolute Gasteiger partial charge is 0.146 e. The zero-order valence-corrected chi connectivity index (χ0v) is 17.1. The molecule has 0 unspecified atom stereocenters. The summed E-state index contributed by atoms with van der Waals surface area (Å²) in [7, 11) is 2.14. The molecule has 0 saturated carbocycles. The molecule has 1 aromatic carbocycles. The van der Waals surface area contributed by atoms with Crippen LogP contribution in [0.4, 0.5) is 0 Å². The molecule has 2 aliphatic heterocycles. The third kappa shape index (κ3) is 4.99. The number of benzene rings is 1. The minimum atomic E-state index is 0.501. The Morgan fingerprint density at radius 1 is 1.04 bits per heavy atom. The molecule has 0 radical (unpaired) electrons. The van der Waals surface area contributed by atoms with Crippen LogP contribution in [-0.4, -0.2) is 70.5 Å². The second kappa shape index (κ2) is 9.63. The van der Waals surface area contributed by atoms with Crippen molar-refractivity contribution in [3.63, 3.8) is 0 Å². The van der Waals surface area contributed by atoms with Crippen molar-refractivity contribution >= 4 is 0 Å². The fourth-order valence-corrected chi connectivity index (χ4v) is 4.45. The third-order valence-corrected chi connectivity index (χ3v) is 6.12. The molecule has 2 aliphatic rings. The van der Waals surface area contributed by atoms with Gasteiger partial charge in [-0.3, -0.25) is 4.90 Å². The molecule has 28 heavy (non-hydrogen) atoms. The van der Waals surface area contributed by atoms with Crippen molar-refractivity contribution in [2.45, 2.75) is 38.1 Å². The predicted octanol–water partition coefficient (Wildman–Crippen LogP) is 2.46. The largest absolute Gasteiger partial charge is 0.379 e. The highest BCUT2D eigenvalue weighted by molar-refractivity contribution is 5.14. The van der Waals surface area contributed by atoms with Crippen molar-refractivity contribution in [1.82, 2.24) is 24.6 Å². The molecule has 0 bridgehead atoms. The molecular weight excluding hydrogens is 350 g/mol. The predicted molar refractivity (Wildman–Crippen MR) is 110 cm³/mol. The van der Waals surface area contributed by atoms with Crippen molar-refractivity contribution in [2.24, 2.45) is 7.05 Å². The summed E-state index contributed by atoms with van der Waals surface area (Å²) in [5, 5.41) is 9.12. The third-order valence-electron chi connectivity index (χ3n) is 6.12. The van der Waals surface area contributed by atoms with E-state index in [1.54, 1.807) is 0 Å². The van der Waals surface area contributed by atoms with Gasteiger partial charge in [0.2, 0.25) is 0 Å². The number of hydrogen-bond donors (Lipinski definition) is 0. The maximum absolute atomic E-state index is 5.45. The highest BCUT2D eigenvalue weighted by Crippen LogP contribution is 2.26. The van der Waals surface area contributed by atoms with Gasteiger partial charge in [0, 0.05) is 32.6 Å². The van der Waals surface area contributed by atoms with Crippen LogP contribution in [0.15, 0.2) is 30.3 Å². The van der Waals surface area contributed by atoms with E-state index in [9.17, 15) is 0 Å². The Morgan fingerprint density at radius 3 is 2.68 bits per heavy atom. The topological polar surface area (TPSA) is 46.4 Å². The summed E-state index contributed by atoms with van der Waals surface area (Å²) in [6, 6.07) is 10.8. The number of rotatable bonds is 7. The van der Waals surface area contributed by atoms with Crippen molar-refractivity contribution in [1.29, 1.82) is 0 Å². The van der Waals surface area contributed by atoms with Crippen molar-refractivity contribution in [3.05, 3.63) is 47.5 Å². The van der Waals surface area contributed by atoms with Crippen LogP contribution >= 0.6 is 0 Å². The lowest BCUT2D eigenvalue weighted by molar-refractivity contribution is 0.0326. The SMILES string of the molecule is Cn1c(CN2CCOCC2)nnc1[C@@H]1CCCN(CCCc2ccccc2)C1. The van der Waals surface area contributed by atoms with E-state index < -0.39 is 0 Å². The van der Waals surface area contributed by atoms with Gasteiger partial charge >= 0.3 is 0 Å². The summed E-state index contributed by atoms with van der Waals surface area (Å²) >= 11 is 0. The van der Waals surface area contributed by atoms with E-state index in [2.05, 4.69) is 61.9 Å². The Labute approximate surface area is 168 Å². The van der Waals surface area contributed by atoms with Gasteiger partial charge < -0.3 is 14.2 Å². The van der Waals surface area contributed by atoms with Gasteiger partial charge in [0.1, 0.15) is 11.6 Å². The van der Waals surface area contributed by atoms with E-state index in [0.717, 1.165) is 57.5 Å². The molecule has 2 fully saturated rings. The Balaban J connectivity index is 1.30. The second-order valence-electron chi connectivity index (χ2n) is 8.15. The summed E-state index contributed by atoms with van der Waals surface area (Å²) in [5.41, 5.74) is 1.44. The standard InChI is InChI=1S/C22H33N5O/c1-25-21(18-27-13-15-28-16-14-27)23-24-22(25)20-10-6-12-26(17-20)11-5-9-19-7-3-2-4-8-19/h2-4,7-8,20H,5-6,9-18H2,1H3/t20-/m1/s1. The van der Waals surface area contributed by atoms with Crippen molar-refractivity contribution in [3.8, 4) is 0 Å². The van der Waals surface area contributed by atoms with Crippen LogP contribution in [0.5, 0.6) is 0 Å². The van der Waals surface area contributed by atoms with Gasteiger partial charge in [-0.15, -0.1) is 10.2 Å². The van der Waals surface area contributed by atoms with E-state index in [1.165, 1.54) is 37.9 Å². The van der Waals surface area contributed by atoms with Gasteiger partial charge in [0.05, 0.1) is 19.8 Å². The average molecular weight is 384 g/mol. The fourth-order valence-electron chi connectivity index (χ4n) is 4.45.